The van der Waals surface area contributed by atoms with Gasteiger partial charge >= 0.3 is 0 Å². The number of hydrogen-bond donors (Lipinski definition) is 4. The molecule has 0 radical (unpaired) electrons. The summed E-state index contributed by atoms with van der Waals surface area (Å²) in [4.78, 5) is 54.7. The Hall–Kier alpha value is -7.88. The average Bonchev–Trinajstić information content (AvgIpc) is 4.34. The number of fused-ring (bicyclic) bond motifs is 6. The molecule has 6 aromatic heterocycles. The van der Waals surface area contributed by atoms with E-state index < -0.39 is 23.4 Å². The first-order chi connectivity index (χ1) is 37.0. The number of benzene rings is 4. The van der Waals surface area contributed by atoms with Gasteiger partial charge in [0.1, 0.15) is 22.8 Å². The molecule has 10 aromatic rings. The fraction of sp³-hybridized carbons (Fsp3) is 0.233. The maximum atomic E-state index is 13.6. The van der Waals surface area contributed by atoms with Gasteiger partial charge in [0.25, 0.3) is 11.8 Å². The van der Waals surface area contributed by atoms with Gasteiger partial charge in [-0.05, 0) is 121 Å². The number of nitrogens with zero attached hydrogens (tertiary/aromatic N) is 6. The van der Waals surface area contributed by atoms with E-state index in [9.17, 15) is 19.8 Å². The van der Waals surface area contributed by atoms with E-state index in [2.05, 4.69) is 29.9 Å². The Morgan fingerprint density at radius 1 is 0.513 bits per heavy atom. The number of likely N-dealkylation sites (tertiary alicyclic amines) is 2. The van der Waals surface area contributed by atoms with Crippen LogP contribution in [0.3, 0.4) is 0 Å². The third-order valence-electron chi connectivity index (χ3n) is 15.7. The van der Waals surface area contributed by atoms with Gasteiger partial charge in [0.15, 0.2) is 12.2 Å². The minimum Gasteiger partial charge on any atom is -0.479 e. The van der Waals surface area contributed by atoms with Crippen LogP contribution in [0, 0.1) is 0 Å². The smallest absolute Gasteiger partial charge is 0.263 e. The van der Waals surface area contributed by atoms with Crippen LogP contribution in [-0.4, -0.2) is 100 Å². The lowest BCUT2D eigenvalue weighted by Crippen LogP contribution is -2.49. The van der Waals surface area contributed by atoms with Crippen LogP contribution < -0.4 is 9.47 Å². The molecule has 2 amide bonds. The summed E-state index contributed by atoms with van der Waals surface area (Å²) < 4.78 is 12.7. The van der Waals surface area contributed by atoms with Gasteiger partial charge in [-0.25, -0.2) is 9.97 Å². The Labute approximate surface area is 446 Å². The van der Waals surface area contributed by atoms with Gasteiger partial charge in [-0.2, -0.15) is 0 Å². The molecule has 0 unspecified atom stereocenters. The van der Waals surface area contributed by atoms with Crippen molar-refractivity contribution >= 4 is 78.9 Å². The van der Waals surface area contributed by atoms with Crippen LogP contribution in [0.5, 0.6) is 11.5 Å². The van der Waals surface area contributed by atoms with Crippen LogP contribution >= 0.6 is 23.2 Å². The number of ether oxygens (including phenoxy) is 2. The number of carbonyl (C=O) groups is 2. The summed E-state index contributed by atoms with van der Waals surface area (Å²) in [5.41, 5.74) is 8.45. The maximum Gasteiger partial charge on any atom is 0.263 e. The zero-order valence-electron chi connectivity index (χ0n) is 41.0. The molecule has 4 N–H and O–H groups in total. The highest BCUT2D eigenvalue weighted by Crippen LogP contribution is 2.46. The van der Waals surface area contributed by atoms with Crippen LogP contribution in [0.2, 0.25) is 10.0 Å². The van der Waals surface area contributed by atoms with E-state index in [0.717, 1.165) is 88.4 Å². The second-order valence-corrected chi connectivity index (χ2v) is 21.0. The first-order valence-corrected chi connectivity index (χ1v) is 26.3. The van der Waals surface area contributed by atoms with Gasteiger partial charge in [-0.3, -0.25) is 19.6 Å². The van der Waals surface area contributed by atoms with Crippen molar-refractivity contribution < 1.29 is 29.3 Å². The first kappa shape index (κ1) is 47.8. The molecule has 2 atom stereocenters. The van der Waals surface area contributed by atoms with Crippen molar-refractivity contribution in [2.45, 2.75) is 61.9 Å². The van der Waals surface area contributed by atoms with Crippen molar-refractivity contribution in [2.24, 2.45) is 0 Å². The highest BCUT2D eigenvalue weighted by molar-refractivity contribution is 6.31. The number of rotatable bonds is 6. The second-order valence-electron chi connectivity index (χ2n) is 20.2. The van der Waals surface area contributed by atoms with E-state index in [1.54, 1.807) is 24.8 Å². The molecule has 0 bridgehead atoms. The van der Waals surface area contributed by atoms with Crippen molar-refractivity contribution in [3.63, 3.8) is 0 Å². The van der Waals surface area contributed by atoms with E-state index in [-0.39, 0.29) is 11.8 Å². The van der Waals surface area contributed by atoms with Gasteiger partial charge in [-0.1, -0.05) is 59.6 Å². The monoisotopic (exact) mass is 1050 g/mol. The number of amides is 2. The lowest BCUT2D eigenvalue weighted by atomic mass is 9.82. The molecular weight excluding hydrogens is 1000 g/mol. The number of aliphatic hydroxyl groups is 2. The first-order valence-electron chi connectivity index (χ1n) is 25.5. The van der Waals surface area contributed by atoms with Crippen LogP contribution in [0.1, 0.15) is 47.9 Å². The fourth-order valence-electron chi connectivity index (χ4n) is 11.9. The number of carbonyl (C=O) groups excluding carboxylic acids is 2. The molecule has 14 nitrogen and oxygen atoms in total. The number of hydrogen-bond acceptors (Lipinski definition) is 10. The van der Waals surface area contributed by atoms with Crippen molar-refractivity contribution in [2.75, 3.05) is 26.2 Å². The Kier molecular flexibility index (Phi) is 12.0. The number of piperidine rings is 2. The molecule has 4 aliphatic heterocycles. The van der Waals surface area contributed by atoms with Gasteiger partial charge in [0, 0.05) is 130 Å². The third-order valence-corrected chi connectivity index (χ3v) is 16.2. The summed E-state index contributed by atoms with van der Waals surface area (Å²) in [5, 5.41) is 28.2. The molecule has 16 heteroatoms. The normalized spacial score (nSPS) is 18.5. The Morgan fingerprint density at radius 3 is 1.38 bits per heavy atom. The lowest BCUT2D eigenvalue weighted by Gasteiger charge is -2.39. The third kappa shape index (κ3) is 8.45. The SMILES string of the molecule is O=C([C@@H]1Cc2cc(Cl)cc(-c3ccnc4[nH]ccc34)c2O1)N1CCC(O)(c2cccc3ncccc23)CC1.O=C([C@H]1Cc2cc(Cl)cc(-c3ccnc4[nH]ccc34)c2O1)N1CCC(O)(c2cccc3ncccc23)CC1. The predicted molar refractivity (Wildman–Crippen MR) is 292 cm³/mol. The van der Waals surface area contributed by atoms with Crippen molar-refractivity contribution in [3.05, 3.63) is 179 Å². The zero-order valence-corrected chi connectivity index (χ0v) is 42.6. The van der Waals surface area contributed by atoms with Crippen molar-refractivity contribution in [1.82, 2.24) is 39.7 Å². The molecule has 2 fully saturated rings. The summed E-state index contributed by atoms with van der Waals surface area (Å²) in [6, 6.07) is 34.8. The second kappa shape index (κ2) is 19.0. The molecule has 380 valence electrons. The molecular formula is C60H50Cl2N8O6. The summed E-state index contributed by atoms with van der Waals surface area (Å²) in [5.74, 6) is 1.26. The lowest BCUT2D eigenvalue weighted by molar-refractivity contribution is -0.143. The fourth-order valence-corrected chi connectivity index (χ4v) is 12.4. The summed E-state index contributed by atoms with van der Waals surface area (Å²) in [7, 11) is 0. The molecule has 0 aliphatic carbocycles. The number of H-pyrrole nitrogens is 2. The number of halogens is 2. The van der Waals surface area contributed by atoms with Crippen LogP contribution in [-0.2, 0) is 33.6 Å². The van der Waals surface area contributed by atoms with Gasteiger partial charge in [-0.15, -0.1) is 0 Å². The zero-order chi connectivity index (χ0) is 51.7. The Bertz CT molecular complexity index is 3660. The minimum atomic E-state index is -1.01. The van der Waals surface area contributed by atoms with E-state index in [1.807, 2.05) is 131 Å². The number of aromatic nitrogens is 6. The largest absolute Gasteiger partial charge is 0.479 e. The molecule has 2 saturated heterocycles. The highest BCUT2D eigenvalue weighted by Gasteiger charge is 2.42. The van der Waals surface area contributed by atoms with E-state index in [1.165, 1.54) is 0 Å². The van der Waals surface area contributed by atoms with Gasteiger partial charge < -0.3 is 39.5 Å². The number of nitrogens with one attached hydrogen (secondary N) is 2. The molecule has 0 saturated carbocycles. The van der Waals surface area contributed by atoms with Crippen LogP contribution in [0.25, 0.3) is 66.1 Å². The van der Waals surface area contributed by atoms with E-state index >= 15 is 0 Å². The number of pyridine rings is 4. The van der Waals surface area contributed by atoms with Crippen LogP contribution in [0.4, 0.5) is 0 Å². The quantitative estimate of drug-likeness (QED) is 0.125. The molecule has 10 heterocycles. The topological polar surface area (TPSA) is 183 Å². The summed E-state index contributed by atoms with van der Waals surface area (Å²) >= 11 is 13.0. The molecule has 4 aromatic carbocycles. The van der Waals surface area contributed by atoms with E-state index in [4.69, 9.17) is 32.7 Å². The van der Waals surface area contributed by atoms with Crippen LogP contribution in [0.15, 0.2) is 146 Å². The summed E-state index contributed by atoms with van der Waals surface area (Å²) in [6.45, 7) is 1.79. The minimum absolute atomic E-state index is 0.0635. The van der Waals surface area contributed by atoms with Gasteiger partial charge in [0.2, 0.25) is 0 Å². The Balaban J connectivity index is 0.000000146. The van der Waals surface area contributed by atoms with E-state index in [0.29, 0.717) is 86.2 Å². The maximum absolute atomic E-state index is 13.6. The highest BCUT2D eigenvalue weighted by atomic mass is 35.5. The standard InChI is InChI=1S/2C30H25ClN4O3/c2*31-19-15-18-16-26(38-27(18)23(17-19)20-6-11-33-28-21(20)7-12-34-28)29(36)35-13-8-30(37,9-14-35)24-4-1-5-25-22(24)3-2-10-32-25/h2*1-7,10-12,15,17,26,37H,8-9,13-14,16H2,(H,33,34)/t2*26-/m10/s1. The number of aromatic amines is 2. The predicted octanol–water partition coefficient (Wildman–Crippen LogP) is 10.5. The molecule has 0 spiro atoms. The molecule has 76 heavy (non-hydrogen) atoms. The average molecular weight is 1050 g/mol. The summed E-state index contributed by atoms with van der Waals surface area (Å²) in [6.07, 6.45) is 12.2. The molecule has 14 rings (SSSR count). The van der Waals surface area contributed by atoms with Crippen molar-refractivity contribution in [1.29, 1.82) is 0 Å². The molecule has 4 aliphatic rings. The van der Waals surface area contributed by atoms with Gasteiger partial charge in [0.05, 0.1) is 22.2 Å². The Morgan fingerprint density at radius 2 is 0.947 bits per heavy atom. The van der Waals surface area contributed by atoms with Crippen molar-refractivity contribution in [3.8, 4) is 33.8 Å².